The number of aliphatic hydroxyl groups is 3. The average Bonchev–Trinajstić information content (AvgIpc) is 3.22. The molecule has 0 saturated heterocycles. The molecule has 7 nitrogen and oxygen atoms in total. The maximum Gasteiger partial charge on any atom is 0.252 e. The summed E-state index contributed by atoms with van der Waals surface area (Å²) in [7, 11) is 0. The molecule has 33 heavy (non-hydrogen) atoms. The molecule has 1 aromatic heterocycles. The van der Waals surface area contributed by atoms with E-state index in [1.807, 2.05) is 18.2 Å². The second kappa shape index (κ2) is 9.29. The lowest BCUT2D eigenvalue weighted by atomic mass is 10.0. The lowest BCUT2D eigenvalue weighted by Gasteiger charge is -2.28. The van der Waals surface area contributed by atoms with Gasteiger partial charge < -0.3 is 20.6 Å². The number of halogens is 2. The molecule has 0 fully saturated rings. The Kier molecular flexibility index (Phi) is 6.44. The van der Waals surface area contributed by atoms with Crippen LogP contribution < -0.4 is 5.32 Å². The van der Waals surface area contributed by atoms with E-state index < -0.39 is 37.1 Å². The number of aromatic nitrogens is 2. The van der Waals surface area contributed by atoms with Gasteiger partial charge in [-0.25, -0.2) is 9.07 Å². The van der Waals surface area contributed by atoms with Crippen LogP contribution in [-0.4, -0.2) is 56.4 Å². The predicted octanol–water partition coefficient (Wildman–Crippen LogP) is 2.93. The van der Waals surface area contributed by atoms with Gasteiger partial charge in [0.1, 0.15) is 17.1 Å². The smallest absolute Gasteiger partial charge is 0.252 e. The summed E-state index contributed by atoms with van der Waals surface area (Å²) in [4.78, 5) is 12.9. The molecule has 9 heteroatoms. The maximum atomic E-state index is 13.5. The van der Waals surface area contributed by atoms with E-state index in [0.29, 0.717) is 32.9 Å². The lowest BCUT2D eigenvalue weighted by Crippen LogP contribution is -2.57. The first-order chi connectivity index (χ1) is 15.9. The van der Waals surface area contributed by atoms with Crippen molar-refractivity contribution >= 4 is 28.4 Å². The van der Waals surface area contributed by atoms with Crippen molar-refractivity contribution in [2.24, 2.45) is 0 Å². The molecule has 0 radical (unpaired) electrons. The van der Waals surface area contributed by atoms with Crippen LogP contribution in [-0.2, 0) is 0 Å². The van der Waals surface area contributed by atoms with Crippen molar-refractivity contribution < 1.29 is 24.5 Å². The van der Waals surface area contributed by atoms with E-state index in [0.717, 1.165) is 0 Å². The molecule has 0 saturated carbocycles. The fourth-order valence-electron chi connectivity index (χ4n) is 3.47. The summed E-state index contributed by atoms with van der Waals surface area (Å²) in [6, 6.07) is 17.9. The third kappa shape index (κ3) is 4.34. The Morgan fingerprint density at radius 3 is 2.30 bits per heavy atom. The molecular weight excluding hydrogens is 449 g/mol. The van der Waals surface area contributed by atoms with Crippen LogP contribution in [0.25, 0.3) is 27.8 Å². The molecule has 0 aliphatic rings. The first-order valence-corrected chi connectivity index (χ1v) is 10.5. The minimum Gasteiger partial charge on any atom is -0.394 e. The molecule has 170 valence electrons. The molecule has 1 amide bonds. The molecule has 4 rings (SSSR count). The second-order valence-corrected chi connectivity index (χ2v) is 8.06. The number of carbonyl (C=O) groups is 1. The van der Waals surface area contributed by atoms with Crippen molar-refractivity contribution in [2.75, 3.05) is 19.8 Å². The number of amides is 1. The molecule has 4 N–H and O–H groups in total. The fourth-order valence-corrected chi connectivity index (χ4v) is 3.69. The summed E-state index contributed by atoms with van der Waals surface area (Å²) in [5.74, 6) is -0.991. The molecule has 1 heterocycles. The van der Waals surface area contributed by atoms with Gasteiger partial charge in [-0.3, -0.25) is 4.79 Å². The Labute approximate surface area is 193 Å². The van der Waals surface area contributed by atoms with Crippen molar-refractivity contribution in [3.05, 3.63) is 83.1 Å². The van der Waals surface area contributed by atoms with Crippen molar-refractivity contribution in [1.82, 2.24) is 15.1 Å². The predicted molar refractivity (Wildman–Crippen MR) is 123 cm³/mol. The van der Waals surface area contributed by atoms with Gasteiger partial charge in [-0.05, 0) is 48.5 Å². The normalized spacial score (nSPS) is 11.7. The number of carbonyl (C=O) groups excluding carboxylic acids is 1. The van der Waals surface area contributed by atoms with Crippen LogP contribution in [0, 0.1) is 5.82 Å². The van der Waals surface area contributed by atoms with E-state index in [4.69, 9.17) is 16.7 Å². The molecule has 3 aromatic carbocycles. The number of aliphatic hydroxyl groups excluding tert-OH is 3. The highest BCUT2D eigenvalue weighted by Crippen LogP contribution is 2.34. The minimum atomic E-state index is -1.56. The molecule has 0 bridgehead atoms. The van der Waals surface area contributed by atoms with Gasteiger partial charge in [0.15, 0.2) is 0 Å². The quantitative estimate of drug-likeness (QED) is 0.333. The summed E-state index contributed by atoms with van der Waals surface area (Å²) < 4.78 is 15.1. The van der Waals surface area contributed by atoms with Gasteiger partial charge in [-0.15, -0.1) is 0 Å². The zero-order valence-electron chi connectivity index (χ0n) is 17.4. The van der Waals surface area contributed by atoms with Gasteiger partial charge in [-0.1, -0.05) is 29.8 Å². The van der Waals surface area contributed by atoms with Crippen LogP contribution >= 0.6 is 11.6 Å². The molecule has 4 aromatic rings. The molecular formula is C24H21ClFN3O4. The van der Waals surface area contributed by atoms with Gasteiger partial charge in [0.2, 0.25) is 0 Å². The van der Waals surface area contributed by atoms with Gasteiger partial charge in [-0.2, -0.15) is 5.10 Å². The third-order valence-corrected chi connectivity index (χ3v) is 5.76. The van der Waals surface area contributed by atoms with E-state index in [1.165, 1.54) is 12.1 Å². The van der Waals surface area contributed by atoms with Gasteiger partial charge in [0.25, 0.3) is 5.91 Å². The van der Waals surface area contributed by atoms with E-state index in [9.17, 15) is 24.5 Å². The number of rotatable bonds is 7. The Hall–Kier alpha value is -3.30. The number of benzene rings is 3. The SMILES string of the molecule is O=C(NC(CO)(CO)CO)c1ccc2c(-c3ccccc3Cl)nn(-c3ccc(F)cc3)c2c1. The first kappa shape index (κ1) is 22.9. The maximum absolute atomic E-state index is 13.5. The standard InChI is InChI=1S/C24H21ClFN3O4/c25-20-4-2-1-3-18(20)22-19-10-5-15(23(33)27-24(12-30,13-31)14-32)11-21(19)29(28-22)17-8-6-16(26)7-9-17/h1-11,30-32H,12-14H2,(H,27,33). The summed E-state index contributed by atoms with van der Waals surface area (Å²) >= 11 is 6.40. The second-order valence-electron chi connectivity index (χ2n) is 7.66. The zero-order chi connectivity index (χ0) is 23.6. The number of hydrogen-bond donors (Lipinski definition) is 4. The van der Waals surface area contributed by atoms with Crippen molar-refractivity contribution in [1.29, 1.82) is 0 Å². The largest absolute Gasteiger partial charge is 0.394 e. The fraction of sp³-hybridized carbons (Fsp3) is 0.167. The highest BCUT2D eigenvalue weighted by atomic mass is 35.5. The lowest BCUT2D eigenvalue weighted by molar-refractivity contribution is 0.0375. The number of nitrogens with one attached hydrogen (secondary N) is 1. The van der Waals surface area contributed by atoms with E-state index >= 15 is 0 Å². The molecule has 0 aliphatic carbocycles. The first-order valence-electron chi connectivity index (χ1n) is 10.1. The van der Waals surface area contributed by atoms with E-state index in [1.54, 1.807) is 41.1 Å². The van der Waals surface area contributed by atoms with Gasteiger partial charge in [0.05, 0.1) is 36.0 Å². The van der Waals surface area contributed by atoms with E-state index in [2.05, 4.69) is 5.32 Å². The Morgan fingerprint density at radius 1 is 1.00 bits per heavy atom. The Morgan fingerprint density at radius 2 is 1.67 bits per heavy atom. The third-order valence-electron chi connectivity index (χ3n) is 5.43. The van der Waals surface area contributed by atoms with Crippen LogP contribution in [0.15, 0.2) is 66.7 Å². The van der Waals surface area contributed by atoms with Crippen molar-refractivity contribution in [2.45, 2.75) is 5.54 Å². The Balaban J connectivity index is 1.87. The summed E-state index contributed by atoms with van der Waals surface area (Å²) in [6.07, 6.45) is 0. The molecule has 0 atom stereocenters. The van der Waals surface area contributed by atoms with Gasteiger partial charge >= 0.3 is 0 Å². The monoisotopic (exact) mass is 469 g/mol. The van der Waals surface area contributed by atoms with Crippen LogP contribution in [0.3, 0.4) is 0 Å². The topological polar surface area (TPSA) is 108 Å². The molecule has 0 aliphatic heterocycles. The van der Waals surface area contributed by atoms with Crippen LogP contribution in [0.5, 0.6) is 0 Å². The molecule has 0 unspecified atom stereocenters. The molecule has 0 spiro atoms. The van der Waals surface area contributed by atoms with Crippen LogP contribution in [0.1, 0.15) is 10.4 Å². The number of hydrogen-bond acceptors (Lipinski definition) is 5. The number of nitrogens with zero attached hydrogens (tertiary/aromatic N) is 2. The van der Waals surface area contributed by atoms with Crippen molar-refractivity contribution in [3.8, 4) is 16.9 Å². The minimum absolute atomic E-state index is 0.219. The summed E-state index contributed by atoms with van der Waals surface area (Å²) in [6.45, 7) is -1.92. The zero-order valence-corrected chi connectivity index (χ0v) is 18.1. The average molecular weight is 470 g/mol. The number of fused-ring (bicyclic) bond motifs is 1. The Bertz CT molecular complexity index is 1290. The summed E-state index contributed by atoms with van der Waals surface area (Å²) in [5, 5.41) is 37.0. The highest BCUT2D eigenvalue weighted by molar-refractivity contribution is 6.33. The highest BCUT2D eigenvalue weighted by Gasteiger charge is 2.30. The van der Waals surface area contributed by atoms with Crippen LogP contribution in [0.2, 0.25) is 5.02 Å². The van der Waals surface area contributed by atoms with Crippen LogP contribution in [0.4, 0.5) is 4.39 Å². The summed E-state index contributed by atoms with van der Waals surface area (Å²) in [5.41, 5.74) is 1.08. The van der Waals surface area contributed by atoms with Gasteiger partial charge in [0, 0.05) is 16.5 Å². The van der Waals surface area contributed by atoms with E-state index in [-0.39, 0.29) is 5.56 Å². The van der Waals surface area contributed by atoms with Crippen molar-refractivity contribution in [3.63, 3.8) is 0 Å².